The zero-order valence-electron chi connectivity index (χ0n) is 16.4. The Morgan fingerprint density at radius 1 is 1.33 bits per heavy atom. The van der Waals surface area contributed by atoms with Crippen LogP contribution in [-0.2, 0) is 14.2 Å². The van der Waals surface area contributed by atoms with E-state index in [9.17, 15) is 9.59 Å². The summed E-state index contributed by atoms with van der Waals surface area (Å²) in [5.74, 6) is 5.59. The van der Waals surface area contributed by atoms with Gasteiger partial charge in [0.05, 0.1) is 25.9 Å². The van der Waals surface area contributed by atoms with Gasteiger partial charge in [0.25, 0.3) is 0 Å². The molecule has 27 heavy (non-hydrogen) atoms. The highest BCUT2D eigenvalue weighted by molar-refractivity contribution is 5.92. The number of aryl methyl sites for hydroxylation is 1. The van der Waals surface area contributed by atoms with Gasteiger partial charge in [0, 0.05) is 17.8 Å². The summed E-state index contributed by atoms with van der Waals surface area (Å²) in [5, 5.41) is 0. The topological polar surface area (TPSA) is 91.1 Å². The van der Waals surface area contributed by atoms with Gasteiger partial charge >= 0.3 is 12.1 Å². The molecule has 1 aliphatic heterocycles. The van der Waals surface area contributed by atoms with Crippen molar-refractivity contribution in [2.45, 2.75) is 39.3 Å². The molecular formula is C20H26N2O5. The van der Waals surface area contributed by atoms with E-state index in [2.05, 4.69) is 11.8 Å². The van der Waals surface area contributed by atoms with Crippen LogP contribution in [0, 0.1) is 18.8 Å². The minimum absolute atomic E-state index is 0.297. The predicted molar refractivity (Wildman–Crippen MR) is 101 cm³/mol. The number of nitrogen functional groups attached to an aromatic ring is 1. The first-order valence-electron chi connectivity index (χ1n) is 8.69. The van der Waals surface area contributed by atoms with Crippen LogP contribution in [0.5, 0.6) is 0 Å². The fourth-order valence-corrected chi connectivity index (χ4v) is 2.59. The predicted octanol–water partition coefficient (Wildman–Crippen LogP) is 2.35. The fraction of sp³-hybridized carbons (Fsp3) is 0.500. The lowest BCUT2D eigenvalue weighted by molar-refractivity contribution is -0.0198. The summed E-state index contributed by atoms with van der Waals surface area (Å²) in [6, 6.07) is 2.85. The van der Waals surface area contributed by atoms with Gasteiger partial charge in [0.1, 0.15) is 11.6 Å². The van der Waals surface area contributed by atoms with Crippen molar-refractivity contribution in [1.29, 1.82) is 0 Å². The Bertz CT molecular complexity index is 786. The van der Waals surface area contributed by atoms with Crippen LogP contribution < -0.4 is 5.73 Å². The number of ether oxygens (including phenoxy) is 3. The van der Waals surface area contributed by atoms with Crippen LogP contribution in [-0.4, -0.2) is 55.5 Å². The Balaban J connectivity index is 2.25. The summed E-state index contributed by atoms with van der Waals surface area (Å²) in [7, 11) is 1.32. The number of anilines is 1. The van der Waals surface area contributed by atoms with Gasteiger partial charge in [-0.25, -0.2) is 9.59 Å². The van der Waals surface area contributed by atoms with Crippen LogP contribution in [0.2, 0.25) is 0 Å². The largest absolute Gasteiger partial charge is 0.465 e. The molecule has 0 bridgehead atoms. The summed E-state index contributed by atoms with van der Waals surface area (Å²) in [6.45, 7) is 8.38. The molecular weight excluding hydrogens is 348 g/mol. The zero-order valence-corrected chi connectivity index (χ0v) is 16.4. The van der Waals surface area contributed by atoms with Crippen LogP contribution in [0.15, 0.2) is 12.1 Å². The Morgan fingerprint density at radius 3 is 2.67 bits per heavy atom. The highest BCUT2D eigenvalue weighted by atomic mass is 16.6. The second kappa shape index (κ2) is 8.31. The third-order valence-corrected chi connectivity index (χ3v) is 3.93. The number of carbonyl (C=O) groups excluding carboxylic acids is 2. The number of morpholine rings is 1. The third kappa shape index (κ3) is 5.38. The average Bonchev–Trinajstić information content (AvgIpc) is 2.60. The molecule has 146 valence electrons. The molecule has 0 spiro atoms. The average molecular weight is 374 g/mol. The summed E-state index contributed by atoms with van der Waals surface area (Å²) < 4.78 is 15.6. The summed E-state index contributed by atoms with van der Waals surface area (Å²) in [4.78, 5) is 25.7. The summed E-state index contributed by atoms with van der Waals surface area (Å²) in [5.41, 5.74) is 7.50. The fourth-order valence-electron chi connectivity index (χ4n) is 2.59. The van der Waals surface area contributed by atoms with E-state index in [4.69, 9.17) is 19.9 Å². The first kappa shape index (κ1) is 20.6. The number of amides is 1. The maximum absolute atomic E-state index is 12.4. The summed E-state index contributed by atoms with van der Waals surface area (Å²) in [6.07, 6.45) is -0.421. The molecule has 1 atom stereocenters. The van der Waals surface area contributed by atoms with Gasteiger partial charge in [0.2, 0.25) is 0 Å². The van der Waals surface area contributed by atoms with Gasteiger partial charge in [0.15, 0.2) is 0 Å². The monoisotopic (exact) mass is 374 g/mol. The zero-order chi connectivity index (χ0) is 20.2. The molecule has 0 radical (unpaired) electrons. The van der Waals surface area contributed by atoms with Gasteiger partial charge in [-0.2, -0.15) is 0 Å². The number of esters is 1. The van der Waals surface area contributed by atoms with Crippen molar-refractivity contribution in [2.75, 3.05) is 32.6 Å². The molecule has 1 fully saturated rings. The van der Waals surface area contributed by atoms with Gasteiger partial charge in [-0.15, -0.1) is 0 Å². The minimum Gasteiger partial charge on any atom is -0.465 e. The Morgan fingerprint density at radius 2 is 2.04 bits per heavy atom. The summed E-state index contributed by atoms with van der Waals surface area (Å²) >= 11 is 0. The lowest BCUT2D eigenvalue weighted by atomic mass is 10.0. The van der Waals surface area contributed by atoms with E-state index in [1.807, 2.05) is 20.8 Å². The molecule has 0 saturated carbocycles. The third-order valence-electron chi connectivity index (χ3n) is 3.93. The van der Waals surface area contributed by atoms with Crippen molar-refractivity contribution in [3.05, 3.63) is 28.8 Å². The number of methoxy groups -OCH3 is 1. The van der Waals surface area contributed by atoms with E-state index in [1.165, 1.54) is 7.11 Å². The number of nitrogens with two attached hydrogens (primary N) is 1. The van der Waals surface area contributed by atoms with Gasteiger partial charge in [-0.3, -0.25) is 4.90 Å². The van der Waals surface area contributed by atoms with Crippen molar-refractivity contribution in [1.82, 2.24) is 4.90 Å². The van der Waals surface area contributed by atoms with Crippen molar-refractivity contribution in [3.63, 3.8) is 0 Å². The standard InChI is InChI=1S/C20H26N2O5/c1-13-10-14(17(21)11-16(13)18(23)25-5)6-7-15-12-26-9-8-22(15)19(24)27-20(2,3)4/h10-11,15H,8-9,12,21H2,1-5H3. The smallest absolute Gasteiger partial charge is 0.411 e. The molecule has 1 aromatic carbocycles. The van der Waals surface area contributed by atoms with Crippen LogP contribution in [0.1, 0.15) is 42.3 Å². The lowest BCUT2D eigenvalue weighted by Crippen LogP contribution is -2.49. The van der Waals surface area contributed by atoms with E-state index in [0.717, 1.165) is 0 Å². The van der Waals surface area contributed by atoms with E-state index < -0.39 is 23.7 Å². The van der Waals surface area contributed by atoms with Crippen molar-refractivity contribution < 1.29 is 23.8 Å². The SMILES string of the molecule is COC(=O)c1cc(N)c(C#CC2COCCN2C(=O)OC(C)(C)C)cc1C. The Labute approximate surface area is 159 Å². The molecule has 2 N–H and O–H groups in total. The normalized spacial score (nSPS) is 16.9. The Hall–Kier alpha value is -2.72. The maximum Gasteiger partial charge on any atom is 0.411 e. The van der Waals surface area contributed by atoms with Crippen LogP contribution in [0.3, 0.4) is 0 Å². The van der Waals surface area contributed by atoms with Gasteiger partial charge in [-0.05, 0) is 45.4 Å². The Kier molecular flexibility index (Phi) is 6.34. The molecule has 2 rings (SSSR count). The van der Waals surface area contributed by atoms with E-state index in [1.54, 1.807) is 24.0 Å². The second-order valence-corrected chi connectivity index (χ2v) is 7.28. The van der Waals surface area contributed by atoms with Gasteiger partial charge < -0.3 is 19.9 Å². The molecule has 1 amide bonds. The first-order valence-corrected chi connectivity index (χ1v) is 8.69. The first-order chi connectivity index (χ1) is 12.6. The number of carbonyl (C=O) groups is 2. The number of rotatable bonds is 1. The number of benzene rings is 1. The molecule has 1 heterocycles. The number of hydrogen-bond donors (Lipinski definition) is 1. The van der Waals surface area contributed by atoms with E-state index in [-0.39, 0.29) is 0 Å². The number of nitrogens with zero attached hydrogens (tertiary/aromatic N) is 1. The van der Waals surface area contributed by atoms with Gasteiger partial charge in [-0.1, -0.05) is 11.8 Å². The molecule has 1 aromatic rings. The highest BCUT2D eigenvalue weighted by Gasteiger charge is 2.30. The molecule has 7 nitrogen and oxygen atoms in total. The molecule has 1 unspecified atom stereocenters. The van der Waals surface area contributed by atoms with E-state index in [0.29, 0.717) is 42.1 Å². The molecule has 1 aliphatic rings. The maximum atomic E-state index is 12.4. The minimum atomic E-state index is -0.585. The van der Waals surface area contributed by atoms with Crippen molar-refractivity contribution in [3.8, 4) is 11.8 Å². The lowest BCUT2D eigenvalue weighted by Gasteiger charge is -2.34. The van der Waals surface area contributed by atoms with Crippen LogP contribution in [0.25, 0.3) is 0 Å². The van der Waals surface area contributed by atoms with Crippen molar-refractivity contribution >= 4 is 17.7 Å². The quantitative estimate of drug-likeness (QED) is 0.461. The van der Waals surface area contributed by atoms with Crippen molar-refractivity contribution in [2.24, 2.45) is 0 Å². The molecule has 0 aromatic heterocycles. The molecule has 1 saturated heterocycles. The second-order valence-electron chi connectivity index (χ2n) is 7.28. The van der Waals surface area contributed by atoms with Crippen LogP contribution >= 0.6 is 0 Å². The molecule has 0 aliphatic carbocycles. The van der Waals surface area contributed by atoms with Crippen LogP contribution in [0.4, 0.5) is 10.5 Å². The van der Waals surface area contributed by atoms with E-state index >= 15 is 0 Å². The number of hydrogen-bond acceptors (Lipinski definition) is 6. The molecule has 7 heteroatoms. The highest BCUT2D eigenvalue weighted by Crippen LogP contribution is 2.19.